The van der Waals surface area contributed by atoms with Gasteiger partial charge in [0.05, 0.1) is 10.4 Å². The van der Waals surface area contributed by atoms with Crippen molar-refractivity contribution in [2.24, 2.45) is 0 Å². The number of fused-ring (bicyclic) bond motifs is 1. The Morgan fingerprint density at radius 2 is 2.10 bits per heavy atom. The number of amides is 1. The van der Waals surface area contributed by atoms with E-state index < -0.39 is 16.1 Å². The number of nitrogens with two attached hydrogens (primary N) is 1. The summed E-state index contributed by atoms with van der Waals surface area (Å²) in [7, 11) is -3.67. The minimum atomic E-state index is -3.67. The van der Waals surface area contributed by atoms with Gasteiger partial charge in [0, 0.05) is 24.4 Å². The van der Waals surface area contributed by atoms with Gasteiger partial charge in [-0.2, -0.15) is 0 Å². The highest BCUT2D eigenvalue weighted by Gasteiger charge is 2.26. The van der Waals surface area contributed by atoms with Crippen molar-refractivity contribution in [3.05, 3.63) is 30.3 Å². The summed E-state index contributed by atoms with van der Waals surface area (Å²) in [4.78, 5) is 15.4. The maximum absolute atomic E-state index is 12.3. The molecule has 2 heterocycles. The van der Waals surface area contributed by atoms with Crippen molar-refractivity contribution in [1.29, 1.82) is 0 Å². The van der Waals surface area contributed by atoms with E-state index in [1.165, 1.54) is 12.1 Å². The van der Waals surface area contributed by atoms with Gasteiger partial charge in [-0.15, -0.1) is 0 Å². The molecule has 0 bridgehead atoms. The predicted molar refractivity (Wildman–Crippen MR) is 77.9 cm³/mol. The average Bonchev–Trinajstić information content (AvgIpc) is 2.82. The fourth-order valence-corrected chi connectivity index (χ4v) is 3.53. The van der Waals surface area contributed by atoms with Crippen molar-refractivity contribution in [3.8, 4) is 0 Å². The Labute approximate surface area is 121 Å². The molecule has 1 atom stereocenters. The van der Waals surface area contributed by atoms with Crippen LogP contribution >= 0.6 is 0 Å². The normalized spacial score (nSPS) is 18.9. The molecule has 2 aromatic rings. The van der Waals surface area contributed by atoms with Crippen LogP contribution in [0.15, 0.2) is 35.2 Å². The van der Waals surface area contributed by atoms with Crippen LogP contribution in [0.2, 0.25) is 0 Å². The number of carbonyl (C=O) groups excluding carboxylic acids is 1. The lowest BCUT2D eigenvalue weighted by molar-refractivity contribution is -0.119. The molecule has 8 heteroatoms. The Morgan fingerprint density at radius 3 is 2.81 bits per heavy atom. The van der Waals surface area contributed by atoms with Crippen molar-refractivity contribution < 1.29 is 13.2 Å². The zero-order valence-electron chi connectivity index (χ0n) is 11.0. The summed E-state index contributed by atoms with van der Waals surface area (Å²) in [5.41, 5.74) is 6.22. The minimum absolute atomic E-state index is 0.140. The molecule has 1 aliphatic rings. The number of nitrogens with zero attached hydrogens (tertiary/aromatic N) is 1. The van der Waals surface area contributed by atoms with Crippen LogP contribution in [-0.4, -0.2) is 31.9 Å². The topological polar surface area (TPSA) is 114 Å². The summed E-state index contributed by atoms with van der Waals surface area (Å²) in [6.45, 7) is 0.309. The van der Waals surface area contributed by atoms with Crippen molar-refractivity contribution in [2.45, 2.75) is 17.4 Å². The van der Waals surface area contributed by atoms with Gasteiger partial charge in [-0.3, -0.25) is 4.79 Å². The lowest BCUT2D eigenvalue weighted by Crippen LogP contribution is -2.36. The molecule has 4 N–H and O–H groups in total. The quantitative estimate of drug-likeness (QED) is 0.737. The number of carbonyl (C=O) groups is 1. The van der Waals surface area contributed by atoms with E-state index in [4.69, 9.17) is 5.73 Å². The standard InChI is InChI=1S/C13H14N4O3S/c14-12-4-1-8-5-10(2-3-11(8)16-12)21(19,20)17-9-6-13(18)15-7-9/h1-5,9,17H,6-7H2,(H2,14,16)(H,15,18). The van der Waals surface area contributed by atoms with Gasteiger partial charge in [-0.25, -0.2) is 18.1 Å². The Hall–Kier alpha value is -2.19. The first-order chi connectivity index (χ1) is 9.94. The summed E-state index contributed by atoms with van der Waals surface area (Å²) >= 11 is 0. The Bertz CT molecular complexity index is 819. The van der Waals surface area contributed by atoms with E-state index in [-0.39, 0.29) is 17.2 Å². The van der Waals surface area contributed by atoms with E-state index in [2.05, 4.69) is 15.0 Å². The second-order valence-electron chi connectivity index (χ2n) is 4.92. The number of pyridine rings is 1. The van der Waals surface area contributed by atoms with E-state index in [1.54, 1.807) is 18.2 Å². The molecule has 1 aliphatic heterocycles. The molecule has 1 aromatic heterocycles. The zero-order chi connectivity index (χ0) is 15.0. The third-order valence-corrected chi connectivity index (χ3v) is 4.81. The van der Waals surface area contributed by atoms with E-state index >= 15 is 0 Å². The number of hydrogen-bond acceptors (Lipinski definition) is 5. The first-order valence-electron chi connectivity index (χ1n) is 6.39. The van der Waals surface area contributed by atoms with Crippen molar-refractivity contribution >= 4 is 32.7 Å². The molecule has 1 saturated heterocycles. The number of benzene rings is 1. The number of anilines is 1. The number of hydrogen-bond donors (Lipinski definition) is 3. The van der Waals surface area contributed by atoms with Crippen LogP contribution in [0.3, 0.4) is 0 Å². The van der Waals surface area contributed by atoms with Gasteiger partial charge in [0.25, 0.3) is 0 Å². The van der Waals surface area contributed by atoms with Crippen molar-refractivity contribution in [3.63, 3.8) is 0 Å². The predicted octanol–water partition coefficient (Wildman–Crippen LogP) is -0.0162. The molecule has 1 aromatic carbocycles. The summed E-state index contributed by atoms with van der Waals surface area (Å²) in [6.07, 6.45) is 0.158. The van der Waals surface area contributed by atoms with E-state index in [0.29, 0.717) is 23.3 Å². The van der Waals surface area contributed by atoms with Crippen molar-refractivity contribution in [2.75, 3.05) is 12.3 Å². The van der Waals surface area contributed by atoms with Crippen LogP contribution in [0.25, 0.3) is 10.9 Å². The van der Waals surface area contributed by atoms with Crippen LogP contribution in [-0.2, 0) is 14.8 Å². The number of sulfonamides is 1. The van der Waals surface area contributed by atoms with Crippen LogP contribution in [0.4, 0.5) is 5.82 Å². The summed E-state index contributed by atoms with van der Waals surface area (Å²) in [5, 5.41) is 3.28. The maximum Gasteiger partial charge on any atom is 0.240 e. The van der Waals surface area contributed by atoms with E-state index in [0.717, 1.165) is 0 Å². The number of nitrogens with one attached hydrogen (secondary N) is 2. The largest absolute Gasteiger partial charge is 0.384 e. The van der Waals surface area contributed by atoms with Gasteiger partial charge < -0.3 is 11.1 Å². The van der Waals surface area contributed by atoms with E-state index in [1.807, 2.05) is 0 Å². The Morgan fingerprint density at radius 1 is 1.29 bits per heavy atom. The lowest BCUT2D eigenvalue weighted by atomic mass is 10.2. The molecule has 0 saturated carbocycles. The second-order valence-corrected chi connectivity index (χ2v) is 6.63. The molecule has 0 aliphatic carbocycles. The molecule has 3 rings (SSSR count). The SMILES string of the molecule is Nc1ccc2cc(S(=O)(=O)NC3CNC(=O)C3)ccc2n1. The molecular weight excluding hydrogens is 292 g/mol. The first kappa shape index (κ1) is 13.8. The second kappa shape index (κ2) is 4.97. The minimum Gasteiger partial charge on any atom is -0.384 e. The Balaban J connectivity index is 1.91. The van der Waals surface area contributed by atoms with Gasteiger partial charge in [-0.05, 0) is 30.3 Å². The summed E-state index contributed by atoms with van der Waals surface area (Å²) in [6, 6.07) is 7.54. The molecular formula is C13H14N4O3S. The van der Waals surface area contributed by atoms with E-state index in [9.17, 15) is 13.2 Å². The van der Waals surface area contributed by atoms with Gasteiger partial charge in [0.1, 0.15) is 5.82 Å². The van der Waals surface area contributed by atoms with Crippen molar-refractivity contribution in [1.82, 2.24) is 15.0 Å². The third kappa shape index (κ3) is 2.81. The number of rotatable bonds is 3. The first-order valence-corrected chi connectivity index (χ1v) is 7.88. The molecule has 1 amide bonds. The molecule has 7 nitrogen and oxygen atoms in total. The van der Waals surface area contributed by atoms with Gasteiger partial charge >= 0.3 is 0 Å². The van der Waals surface area contributed by atoms with Crippen LogP contribution < -0.4 is 15.8 Å². The fraction of sp³-hybridized carbons (Fsp3) is 0.231. The number of aromatic nitrogens is 1. The van der Waals surface area contributed by atoms with Crippen LogP contribution in [0.5, 0.6) is 0 Å². The molecule has 0 radical (unpaired) electrons. The van der Waals surface area contributed by atoms with Gasteiger partial charge in [-0.1, -0.05) is 0 Å². The lowest BCUT2D eigenvalue weighted by Gasteiger charge is -2.11. The highest BCUT2D eigenvalue weighted by atomic mass is 32.2. The highest BCUT2D eigenvalue weighted by molar-refractivity contribution is 7.89. The maximum atomic E-state index is 12.3. The van der Waals surface area contributed by atoms with Crippen LogP contribution in [0, 0.1) is 0 Å². The monoisotopic (exact) mass is 306 g/mol. The zero-order valence-corrected chi connectivity index (χ0v) is 11.9. The molecule has 21 heavy (non-hydrogen) atoms. The highest BCUT2D eigenvalue weighted by Crippen LogP contribution is 2.19. The van der Waals surface area contributed by atoms with Crippen LogP contribution in [0.1, 0.15) is 6.42 Å². The summed E-state index contributed by atoms with van der Waals surface area (Å²) < 4.78 is 27.1. The average molecular weight is 306 g/mol. The van der Waals surface area contributed by atoms with Gasteiger partial charge in [0.15, 0.2) is 0 Å². The molecule has 1 fully saturated rings. The van der Waals surface area contributed by atoms with Gasteiger partial charge in [0.2, 0.25) is 15.9 Å². The molecule has 1 unspecified atom stereocenters. The summed E-state index contributed by atoms with van der Waals surface area (Å²) in [5.74, 6) is 0.229. The molecule has 0 spiro atoms. The fourth-order valence-electron chi connectivity index (χ4n) is 2.26. The Kier molecular flexibility index (Phi) is 3.26. The third-order valence-electron chi connectivity index (χ3n) is 3.29. The molecule has 110 valence electrons. The number of nitrogen functional groups attached to an aromatic ring is 1. The smallest absolute Gasteiger partial charge is 0.240 e.